The second-order valence-electron chi connectivity index (χ2n) is 6.43. The summed E-state index contributed by atoms with van der Waals surface area (Å²) in [7, 11) is 0. The van der Waals surface area contributed by atoms with Gasteiger partial charge in [-0.2, -0.15) is 0 Å². The van der Waals surface area contributed by atoms with Crippen molar-refractivity contribution in [2.24, 2.45) is 0 Å². The van der Waals surface area contributed by atoms with Gasteiger partial charge in [0.05, 0.1) is 49.0 Å². The lowest BCUT2D eigenvalue weighted by Crippen LogP contribution is -3.14. The molecule has 2 heterocycles. The van der Waals surface area contributed by atoms with Gasteiger partial charge in [-0.1, -0.05) is 11.6 Å². The van der Waals surface area contributed by atoms with E-state index in [0.29, 0.717) is 17.2 Å². The molecule has 0 unspecified atom stereocenters. The molecule has 7 heteroatoms. The Morgan fingerprint density at radius 2 is 2.15 bits per heavy atom. The van der Waals surface area contributed by atoms with Crippen LogP contribution in [0.25, 0.3) is 10.9 Å². The molecular formula is C19H26ClN3O3+2. The summed E-state index contributed by atoms with van der Waals surface area (Å²) < 4.78 is 10.6. The van der Waals surface area contributed by atoms with Crippen molar-refractivity contribution in [1.29, 1.82) is 0 Å². The number of quaternary nitrogens is 1. The highest BCUT2D eigenvalue weighted by Crippen LogP contribution is 2.29. The van der Waals surface area contributed by atoms with Gasteiger partial charge in [0.1, 0.15) is 18.7 Å². The first kappa shape index (κ1) is 18.9. The van der Waals surface area contributed by atoms with Crippen LogP contribution >= 0.6 is 11.6 Å². The fraction of sp³-hybridized carbons (Fsp3) is 0.474. The Kier molecular flexibility index (Phi) is 6.29. The summed E-state index contributed by atoms with van der Waals surface area (Å²) in [4.78, 5) is 17.1. The molecule has 0 amide bonds. The molecule has 0 radical (unpaired) electrons. The highest BCUT2D eigenvalue weighted by atomic mass is 35.5. The summed E-state index contributed by atoms with van der Waals surface area (Å²) >= 11 is 6.25. The first-order valence-electron chi connectivity index (χ1n) is 9.07. The maximum absolute atomic E-state index is 12.4. The van der Waals surface area contributed by atoms with Crippen LogP contribution in [-0.2, 0) is 9.47 Å². The molecular weight excluding hydrogens is 354 g/mol. The SMILES string of the molecule is CCOC(=O)c1c[nH+]c2c(C)c(Cl)ccc2c1NCC[NH+]1CCOCC1. The number of halogens is 1. The number of rotatable bonds is 6. The molecule has 6 nitrogen and oxygen atoms in total. The summed E-state index contributed by atoms with van der Waals surface area (Å²) in [6.45, 7) is 9.51. The molecule has 26 heavy (non-hydrogen) atoms. The van der Waals surface area contributed by atoms with E-state index in [9.17, 15) is 4.79 Å². The van der Waals surface area contributed by atoms with Crippen LogP contribution in [0.5, 0.6) is 0 Å². The molecule has 140 valence electrons. The number of aryl methyl sites for hydroxylation is 1. The number of H-pyrrole nitrogens is 1. The van der Waals surface area contributed by atoms with E-state index in [4.69, 9.17) is 21.1 Å². The summed E-state index contributed by atoms with van der Waals surface area (Å²) in [6.07, 6.45) is 1.70. The lowest BCUT2D eigenvalue weighted by molar-refractivity contribution is -0.906. The number of carbonyl (C=O) groups excluding carboxylic acids is 1. The normalized spacial score (nSPS) is 15.2. The number of fused-ring (bicyclic) bond motifs is 1. The van der Waals surface area contributed by atoms with Crippen LogP contribution in [0.4, 0.5) is 5.69 Å². The van der Waals surface area contributed by atoms with E-state index < -0.39 is 0 Å². The summed E-state index contributed by atoms with van der Waals surface area (Å²) in [5.74, 6) is -0.334. The molecule has 1 saturated heterocycles. The Balaban J connectivity index is 1.89. The van der Waals surface area contributed by atoms with Gasteiger partial charge in [0.2, 0.25) is 5.52 Å². The van der Waals surface area contributed by atoms with Crippen molar-refractivity contribution in [1.82, 2.24) is 0 Å². The first-order valence-corrected chi connectivity index (χ1v) is 9.45. The van der Waals surface area contributed by atoms with Crippen LogP contribution in [0.2, 0.25) is 5.02 Å². The molecule has 0 aliphatic carbocycles. The average Bonchev–Trinajstić information content (AvgIpc) is 2.66. The van der Waals surface area contributed by atoms with Crippen LogP contribution in [0.3, 0.4) is 0 Å². The molecule has 3 N–H and O–H groups in total. The number of hydrogen-bond acceptors (Lipinski definition) is 4. The first-order chi connectivity index (χ1) is 12.6. The van der Waals surface area contributed by atoms with Crippen LogP contribution in [0.15, 0.2) is 18.3 Å². The zero-order chi connectivity index (χ0) is 18.5. The van der Waals surface area contributed by atoms with Crippen molar-refractivity contribution >= 4 is 34.2 Å². The summed E-state index contributed by atoms with van der Waals surface area (Å²) in [6, 6.07) is 3.80. The zero-order valence-electron chi connectivity index (χ0n) is 15.3. The number of nitrogens with one attached hydrogen (secondary N) is 3. The number of aromatic amines is 1. The van der Waals surface area contributed by atoms with Gasteiger partial charge in [-0.25, -0.2) is 9.78 Å². The predicted octanol–water partition coefficient (Wildman–Crippen LogP) is 1.12. The van der Waals surface area contributed by atoms with Gasteiger partial charge in [-0.3, -0.25) is 0 Å². The quantitative estimate of drug-likeness (QED) is 0.738. The van der Waals surface area contributed by atoms with Crippen LogP contribution < -0.4 is 15.2 Å². The van der Waals surface area contributed by atoms with Crippen molar-refractivity contribution in [2.45, 2.75) is 13.8 Å². The number of anilines is 1. The number of benzene rings is 1. The topological polar surface area (TPSA) is 66.1 Å². The van der Waals surface area contributed by atoms with Crippen molar-refractivity contribution in [2.75, 3.05) is 51.3 Å². The van der Waals surface area contributed by atoms with E-state index in [1.807, 2.05) is 26.0 Å². The highest BCUT2D eigenvalue weighted by Gasteiger charge is 2.22. The number of carbonyl (C=O) groups is 1. The van der Waals surface area contributed by atoms with Crippen molar-refractivity contribution in [3.8, 4) is 0 Å². The molecule has 1 aliphatic rings. The van der Waals surface area contributed by atoms with Gasteiger partial charge in [0.25, 0.3) is 0 Å². The fourth-order valence-electron chi connectivity index (χ4n) is 3.28. The van der Waals surface area contributed by atoms with E-state index >= 15 is 0 Å². The van der Waals surface area contributed by atoms with E-state index in [1.54, 1.807) is 6.20 Å². The smallest absolute Gasteiger partial charge is 0.346 e. The standard InChI is InChI=1S/C19H24ClN3O3/c1-3-26-19(24)15-12-22-17-13(2)16(20)5-4-14(17)18(15)21-6-7-23-8-10-25-11-9-23/h4-5,12H,3,6-11H2,1-2H3,(H,21,22)/p+2. The van der Waals surface area contributed by atoms with Gasteiger partial charge in [0, 0.05) is 5.56 Å². The van der Waals surface area contributed by atoms with Gasteiger partial charge < -0.3 is 19.7 Å². The monoisotopic (exact) mass is 379 g/mol. The Morgan fingerprint density at radius 1 is 1.38 bits per heavy atom. The molecule has 1 aromatic carbocycles. The predicted molar refractivity (Wildman–Crippen MR) is 101 cm³/mol. The fourth-order valence-corrected chi connectivity index (χ4v) is 3.43. The van der Waals surface area contributed by atoms with Gasteiger partial charge in [-0.05, 0) is 26.0 Å². The van der Waals surface area contributed by atoms with Crippen molar-refractivity contribution in [3.63, 3.8) is 0 Å². The Bertz CT molecular complexity index is 791. The van der Waals surface area contributed by atoms with E-state index in [1.165, 1.54) is 4.90 Å². The molecule has 0 spiro atoms. The number of ether oxygens (including phenoxy) is 2. The van der Waals surface area contributed by atoms with Crippen molar-refractivity contribution < 1.29 is 24.2 Å². The third kappa shape index (κ3) is 4.09. The lowest BCUT2D eigenvalue weighted by atomic mass is 10.1. The molecule has 0 atom stereocenters. The molecule has 2 aromatic rings. The molecule has 0 saturated carbocycles. The van der Waals surface area contributed by atoms with Gasteiger partial charge in [0.15, 0.2) is 6.20 Å². The summed E-state index contributed by atoms with van der Waals surface area (Å²) in [5.41, 5.74) is 3.19. The second kappa shape index (κ2) is 8.66. The molecule has 1 aliphatic heterocycles. The number of morpholine rings is 1. The zero-order valence-corrected chi connectivity index (χ0v) is 16.0. The maximum Gasteiger partial charge on any atom is 0.346 e. The van der Waals surface area contributed by atoms with Crippen molar-refractivity contribution in [3.05, 3.63) is 34.5 Å². The minimum absolute atomic E-state index is 0.334. The van der Waals surface area contributed by atoms with E-state index in [0.717, 1.165) is 61.5 Å². The Morgan fingerprint density at radius 3 is 2.88 bits per heavy atom. The number of esters is 1. The van der Waals surface area contributed by atoms with Gasteiger partial charge in [-0.15, -0.1) is 0 Å². The number of pyridine rings is 1. The average molecular weight is 380 g/mol. The number of aromatic nitrogens is 1. The third-order valence-corrected chi connectivity index (χ3v) is 5.18. The minimum atomic E-state index is -0.334. The Labute approximate surface area is 158 Å². The molecule has 1 aromatic heterocycles. The van der Waals surface area contributed by atoms with Crippen LogP contribution in [0, 0.1) is 6.92 Å². The van der Waals surface area contributed by atoms with E-state index in [2.05, 4.69) is 10.3 Å². The van der Waals surface area contributed by atoms with Crippen LogP contribution in [-0.4, -0.2) is 52.0 Å². The third-order valence-electron chi connectivity index (χ3n) is 4.77. The Hall–Kier alpha value is -1.89. The molecule has 1 fully saturated rings. The largest absolute Gasteiger partial charge is 0.462 e. The van der Waals surface area contributed by atoms with E-state index in [-0.39, 0.29) is 5.97 Å². The lowest BCUT2D eigenvalue weighted by Gasteiger charge is -2.24. The molecule has 3 rings (SSSR count). The maximum atomic E-state index is 12.4. The molecule has 0 bridgehead atoms. The number of hydrogen-bond donors (Lipinski definition) is 2. The minimum Gasteiger partial charge on any atom is -0.462 e. The van der Waals surface area contributed by atoms with Crippen LogP contribution in [0.1, 0.15) is 22.8 Å². The van der Waals surface area contributed by atoms with Gasteiger partial charge >= 0.3 is 5.97 Å². The highest BCUT2D eigenvalue weighted by molar-refractivity contribution is 6.32. The second-order valence-corrected chi connectivity index (χ2v) is 6.84. The summed E-state index contributed by atoms with van der Waals surface area (Å²) in [5, 5.41) is 5.10.